The molecule has 0 saturated heterocycles. The molecule has 36 heavy (non-hydrogen) atoms. The third kappa shape index (κ3) is 4.49. The summed E-state index contributed by atoms with van der Waals surface area (Å²) in [6.07, 6.45) is -3.53. The number of nitrogens with zero attached hydrogens (tertiary/aromatic N) is 3. The van der Waals surface area contributed by atoms with E-state index in [2.05, 4.69) is 10.4 Å². The van der Waals surface area contributed by atoms with E-state index in [4.69, 9.17) is 4.74 Å². The van der Waals surface area contributed by atoms with E-state index in [0.717, 1.165) is 48.6 Å². The smallest absolute Gasteiger partial charge is 0.425 e. The van der Waals surface area contributed by atoms with Gasteiger partial charge in [0.25, 0.3) is 5.91 Å². The van der Waals surface area contributed by atoms with Crippen molar-refractivity contribution in [1.29, 1.82) is 0 Å². The van der Waals surface area contributed by atoms with Gasteiger partial charge in [0, 0.05) is 24.7 Å². The molecule has 11 heteroatoms. The van der Waals surface area contributed by atoms with Gasteiger partial charge in [0.2, 0.25) is 0 Å². The minimum absolute atomic E-state index is 0.137. The molecule has 190 valence electrons. The summed E-state index contributed by atoms with van der Waals surface area (Å²) in [5, 5.41) is 6.84. The summed E-state index contributed by atoms with van der Waals surface area (Å²) in [5.41, 5.74) is -0.0608. The second-order valence-corrected chi connectivity index (χ2v) is 9.61. The lowest BCUT2D eigenvalue weighted by Gasteiger charge is -2.20. The lowest BCUT2D eigenvalue weighted by molar-refractivity contribution is -0.189. The fourth-order valence-electron chi connectivity index (χ4n) is 4.48. The summed E-state index contributed by atoms with van der Waals surface area (Å²) in [6.45, 7) is 3.03. The SMILES string of the molecule is Cc1cccc(NC(=O)c2cc(F)c(-n3nc4n(c3=O)CCC3(CC3)C4)cc2O[C@@H](C)C(F)(F)F)c1. The number of amides is 1. The second kappa shape index (κ2) is 8.49. The molecule has 1 amide bonds. The predicted molar refractivity (Wildman–Crippen MR) is 123 cm³/mol. The Morgan fingerprint density at radius 3 is 2.61 bits per heavy atom. The first kappa shape index (κ1) is 24.1. The number of hydrogen-bond acceptors (Lipinski definition) is 4. The topological polar surface area (TPSA) is 78.2 Å². The highest BCUT2D eigenvalue weighted by Gasteiger charge is 2.46. The fourth-order valence-corrected chi connectivity index (χ4v) is 4.48. The number of fused-ring (bicyclic) bond motifs is 1. The molecule has 1 atom stereocenters. The zero-order valence-corrected chi connectivity index (χ0v) is 19.7. The van der Waals surface area contributed by atoms with Crippen molar-refractivity contribution in [3.63, 3.8) is 0 Å². The van der Waals surface area contributed by atoms with Crippen molar-refractivity contribution in [3.8, 4) is 11.4 Å². The van der Waals surface area contributed by atoms with E-state index < -0.39 is 41.0 Å². The molecule has 1 fully saturated rings. The number of nitrogens with one attached hydrogen (secondary N) is 1. The van der Waals surface area contributed by atoms with Gasteiger partial charge in [-0.05, 0) is 62.3 Å². The van der Waals surface area contributed by atoms with E-state index in [0.29, 0.717) is 24.5 Å². The normalized spacial score (nSPS) is 16.9. The Balaban J connectivity index is 1.55. The van der Waals surface area contributed by atoms with Gasteiger partial charge in [-0.2, -0.15) is 17.9 Å². The number of ether oxygens (including phenoxy) is 1. The molecule has 0 radical (unpaired) electrons. The molecule has 1 aromatic heterocycles. The van der Waals surface area contributed by atoms with Crippen LogP contribution in [0.1, 0.15) is 47.9 Å². The summed E-state index contributed by atoms with van der Waals surface area (Å²) >= 11 is 0. The van der Waals surface area contributed by atoms with E-state index in [9.17, 15) is 22.8 Å². The molecular formula is C25H24F4N4O3. The van der Waals surface area contributed by atoms with Crippen molar-refractivity contribution in [1.82, 2.24) is 14.3 Å². The monoisotopic (exact) mass is 504 g/mol. The van der Waals surface area contributed by atoms with Crippen LogP contribution >= 0.6 is 0 Å². The van der Waals surface area contributed by atoms with Gasteiger partial charge in [0.15, 0.2) is 6.10 Å². The molecule has 3 aromatic rings. The highest BCUT2D eigenvalue weighted by Crippen LogP contribution is 2.53. The average Bonchev–Trinajstić information content (AvgIpc) is 3.47. The number of carbonyl (C=O) groups excluding carboxylic acids is 1. The lowest BCUT2D eigenvalue weighted by atomic mass is 9.95. The maximum absolute atomic E-state index is 15.3. The molecular weight excluding hydrogens is 480 g/mol. The van der Waals surface area contributed by atoms with Crippen LogP contribution in [0.4, 0.5) is 23.2 Å². The molecule has 2 aromatic carbocycles. The third-order valence-electron chi connectivity index (χ3n) is 6.86. The number of rotatable bonds is 5. The minimum atomic E-state index is -4.73. The summed E-state index contributed by atoms with van der Waals surface area (Å²) in [5.74, 6) is -1.86. The third-order valence-corrected chi connectivity index (χ3v) is 6.86. The first-order valence-electron chi connectivity index (χ1n) is 11.6. The zero-order chi connectivity index (χ0) is 25.8. The van der Waals surface area contributed by atoms with E-state index in [1.165, 1.54) is 4.57 Å². The molecule has 1 aliphatic carbocycles. The number of anilines is 1. The Labute approximate surface area is 203 Å². The molecule has 5 rings (SSSR count). The van der Waals surface area contributed by atoms with Crippen LogP contribution < -0.4 is 15.7 Å². The summed E-state index contributed by atoms with van der Waals surface area (Å²) < 4.78 is 62.5. The number of aryl methyl sites for hydroxylation is 1. The molecule has 1 N–H and O–H groups in total. The maximum Gasteiger partial charge on any atom is 0.425 e. The Morgan fingerprint density at radius 2 is 1.94 bits per heavy atom. The Morgan fingerprint density at radius 1 is 1.19 bits per heavy atom. The van der Waals surface area contributed by atoms with E-state index in [-0.39, 0.29) is 11.1 Å². The molecule has 7 nitrogen and oxygen atoms in total. The van der Waals surface area contributed by atoms with Crippen LogP contribution in [0.2, 0.25) is 0 Å². The van der Waals surface area contributed by atoms with Crippen LogP contribution in [-0.4, -0.2) is 32.5 Å². The van der Waals surface area contributed by atoms with Crippen molar-refractivity contribution in [2.75, 3.05) is 5.32 Å². The lowest BCUT2D eigenvalue weighted by Crippen LogP contribution is -2.32. The van der Waals surface area contributed by atoms with Crippen molar-refractivity contribution in [3.05, 3.63) is 69.7 Å². The minimum Gasteiger partial charge on any atom is -0.480 e. The van der Waals surface area contributed by atoms with Crippen LogP contribution in [0.3, 0.4) is 0 Å². The highest BCUT2D eigenvalue weighted by atomic mass is 19.4. The van der Waals surface area contributed by atoms with Gasteiger partial charge < -0.3 is 10.1 Å². The zero-order valence-electron chi connectivity index (χ0n) is 19.7. The number of hydrogen-bond donors (Lipinski definition) is 1. The van der Waals surface area contributed by atoms with Crippen molar-refractivity contribution in [2.45, 2.75) is 58.4 Å². The van der Waals surface area contributed by atoms with Gasteiger partial charge in [0.1, 0.15) is 23.1 Å². The number of benzene rings is 2. The first-order chi connectivity index (χ1) is 17.0. The number of carbonyl (C=O) groups is 1. The predicted octanol–water partition coefficient (Wildman–Crippen LogP) is 4.79. The number of halogens is 4. The van der Waals surface area contributed by atoms with Gasteiger partial charge >= 0.3 is 11.9 Å². The molecule has 1 spiro atoms. The molecule has 0 unspecified atom stereocenters. The summed E-state index contributed by atoms with van der Waals surface area (Å²) in [6, 6.07) is 8.44. The summed E-state index contributed by atoms with van der Waals surface area (Å²) in [4.78, 5) is 25.9. The molecule has 1 saturated carbocycles. The van der Waals surface area contributed by atoms with Gasteiger partial charge in [-0.1, -0.05) is 12.1 Å². The van der Waals surface area contributed by atoms with Crippen molar-refractivity contribution in [2.24, 2.45) is 5.41 Å². The highest BCUT2D eigenvalue weighted by molar-refractivity contribution is 6.06. The molecule has 2 aliphatic rings. The van der Waals surface area contributed by atoms with E-state index >= 15 is 4.39 Å². The Bertz CT molecular complexity index is 1410. The standard InChI is InChI=1S/C25H24F4N4O3/c1-14-4-3-5-16(10-14)30-22(34)17-11-18(26)19(12-20(17)36-15(2)25(27,28)29)33-23(35)32-9-8-24(6-7-24)13-21(32)31-33/h3-5,10-12,15H,6-9,13H2,1-2H3,(H,30,34)/t15-/m0/s1. The second-order valence-electron chi connectivity index (χ2n) is 9.61. The van der Waals surface area contributed by atoms with Gasteiger partial charge in [0.05, 0.1) is 5.56 Å². The molecule has 0 bridgehead atoms. The molecule has 1 aliphatic heterocycles. The van der Waals surface area contributed by atoms with Crippen LogP contribution in [-0.2, 0) is 13.0 Å². The maximum atomic E-state index is 15.3. The first-order valence-corrected chi connectivity index (χ1v) is 11.6. The van der Waals surface area contributed by atoms with Crippen molar-refractivity contribution >= 4 is 11.6 Å². The van der Waals surface area contributed by atoms with Crippen LogP contribution in [0.15, 0.2) is 41.2 Å². The average molecular weight is 504 g/mol. The van der Waals surface area contributed by atoms with Crippen LogP contribution in [0.25, 0.3) is 5.69 Å². The fraction of sp³-hybridized carbons (Fsp3) is 0.400. The largest absolute Gasteiger partial charge is 0.480 e. The van der Waals surface area contributed by atoms with Gasteiger partial charge in [-0.25, -0.2) is 9.18 Å². The number of alkyl halides is 3. The van der Waals surface area contributed by atoms with E-state index in [1.54, 1.807) is 31.2 Å². The Kier molecular flexibility index (Phi) is 5.68. The Hall–Kier alpha value is -3.63. The number of aromatic nitrogens is 3. The summed E-state index contributed by atoms with van der Waals surface area (Å²) in [7, 11) is 0. The molecule has 2 heterocycles. The van der Waals surface area contributed by atoms with Crippen LogP contribution in [0.5, 0.6) is 5.75 Å². The van der Waals surface area contributed by atoms with Crippen LogP contribution in [0, 0.1) is 18.2 Å². The van der Waals surface area contributed by atoms with Crippen molar-refractivity contribution < 1.29 is 27.1 Å². The quantitative estimate of drug-likeness (QED) is 0.507. The van der Waals surface area contributed by atoms with E-state index in [1.807, 2.05) is 0 Å². The van der Waals surface area contributed by atoms with Gasteiger partial charge in [-0.15, -0.1) is 5.10 Å². The van der Waals surface area contributed by atoms with Gasteiger partial charge in [-0.3, -0.25) is 9.36 Å².